The van der Waals surface area contributed by atoms with E-state index in [0.29, 0.717) is 47.7 Å². The lowest BCUT2D eigenvalue weighted by atomic mass is 9.94. The summed E-state index contributed by atoms with van der Waals surface area (Å²) in [5.74, 6) is 6.55. The van der Waals surface area contributed by atoms with Crippen LogP contribution in [-0.2, 0) is 0 Å². The summed E-state index contributed by atoms with van der Waals surface area (Å²) >= 11 is 0. The van der Waals surface area contributed by atoms with Gasteiger partial charge in [-0.25, -0.2) is 25.8 Å². The smallest absolute Gasteiger partial charge is 0.270 e. The van der Waals surface area contributed by atoms with Gasteiger partial charge in [-0.05, 0) is 30.0 Å². The predicted molar refractivity (Wildman–Crippen MR) is 148 cm³/mol. The standard InChI is InChI=1S/C28H29N9O2/c1-18(21-5-3-6-22-25(21)35-17-36-26(22)28(39)31-2)11-14-37(30)24-15-23(33-16-34-24)19-7-9-20(10-8-19)27(38)32-13-4-12-29/h3,5-10,15-18H,4,11,13-14,30H2,1-2H3,(H,31,39)(H,32,38). The van der Waals surface area contributed by atoms with Crippen molar-refractivity contribution in [1.82, 2.24) is 30.6 Å². The zero-order chi connectivity index (χ0) is 27.8. The van der Waals surface area contributed by atoms with Gasteiger partial charge in [-0.3, -0.25) is 14.6 Å². The summed E-state index contributed by atoms with van der Waals surface area (Å²) in [5.41, 5.74) is 4.09. The molecule has 0 aliphatic rings. The maximum Gasteiger partial charge on any atom is 0.270 e. The zero-order valence-corrected chi connectivity index (χ0v) is 21.8. The van der Waals surface area contributed by atoms with Crippen molar-refractivity contribution >= 4 is 28.5 Å². The third kappa shape index (κ3) is 6.31. The van der Waals surface area contributed by atoms with Gasteiger partial charge < -0.3 is 10.6 Å². The van der Waals surface area contributed by atoms with Gasteiger partial charge in [0.25, 0.3) is 11.8 Å². The highest BCUT2D eigenvalue weighted by atomic mass is 16.2. The van der Waals surface area contributed by atoms with Gasteiger partial charge in [0.05, 0.1) is 23.7 Å². The van der Waals surface area contributed by atoms with Crippen molar-refractivity contribution in [2.75, 3.05) is 25.1 Å². The molecule has 11 heteroatoms. The minimum absolute atomic E-state index is 0.0975. The molecule has 198 valence electrons. The second-order valence-corrected chi connectivity index (χ2v) is 8.93. The van der Waals surface area contributed by atoms with Gasteiger partial charge in [0.15, 0.2) is 0 Å². The molecule has 2 aromatic heterocycles. The summed E-state index contributed by atoms with van der Waals surface area (Å²) in [5, 5.41) is 16.2. The van der Waals surface area contributed by atoms with Crippen LogP contribution in [0.1, 0.15) is 52.1 Å². The number of amides is 2. The van der Waals surface area contributed by atoms with Crippen LogP contribution in [0.3, 0.4) is 0 Å². The molecule has 2 aromatic carbocycles. The molecule has 1 unspecified atom stereocenters. The van der Waals surface area contributed by atoms with Crippen LogP contribution in [0.4, 0.5) is 5.82 Å². The lowest BCUT2D eigenvalue weighted by Crippen LogP contribution is -2.33. The van der Waals surface area contributed by atoms with Gasteiger partial charge in [0.1, 0.15) is 24.2 Å². The molecule has 4 aromatic rings. The number of hydrogen-bond donors (Lipinski definition) is 3. The fourth-order valence-electron chi connectivity index (χ4n) is 4.20. The van der Waals surface area contributed by atoms with Crippen molar-refractivity contribution in [1.29, 1.82) is 5.26 Å². The van der Waals surface area contributed by atoms with Crippen LogP contribution < -0.4 is 21.5 Å². The fourth-order valence-corrected chi connectivity index (χ4v) is 4.20. The van der Waals surface area contributed by atoms with Crippen molar-refractivity contribution in [2.45, 2.75) is 25.7 Å². The molecule has 0 bridgehead atoms. The Bertz CT molecular complexity index is 1520. The van der Waals surface area contributed by atoms with E-state index in [1.807, 2.05) is 36.4 Å². The average Bonchev–Trinajstić information content (AvgIpc) is 2.98. The van der Waals surface area contributed by atoms with Crippen LogP contribution in [0.25, 0.3) is 22.2 Å². The molecule has 0 fully saturated rings. The normalized spacial score (nSPS) is 11.4. The van der Waals surface area contributed by atoms with E-state index in [4.69, 9.17) is 11.1 Å². The van der Waals surface area contributed by atoms with Crippen LogP contribution in [0, 0.1) is 11.3 Å². The monoisotopic (exact) mass is 523 g/mol. The van der Waals surface area contributed by atoms with Crippen LogP contribution >= 0.6 is 0 Å². The number of para-hydroxylation sites is 1. The Hall–Kier alpha value is -4.95. The Balaban J connectivity index is 1.44. The molecule has 0 saturated carbocycles. The maximum absolute atomic E-state index is 12.2. The number of rotatable bonds is 10. The number of hydrazine groups is 1. The van der Waals surface area contributed by atoms with Crippen molar-refractivity contribution in [2.24, 2.45) is 5.84 Å². The number of nitriles is 1. The number of nitrogens with two attached hydrogens (primary N) is 1. The lowest BCUT2D eigenvalue weighted by Gasteiger charge is -2.21. The molecule has 0 saturated heterocycles. The largest absolute Gasteiger partial charge is 0.354 e. The second-order valence-electron chi connectivity index (χ2n) is 8.93. The van der Waals surface area contributed by atoms with Crippen molar-refractivity contribution in [3.8, 4) is 17.3 Å². The second kappa shape index (κ2) is 12.5. The molecule has 2 heterocycles. The van der Waals surface area contributed by atoms with Gasteiger partial charge in [-0.1, -0.05) is 37.3 Å². The molecule has 0 aliphatic heterocycles. The van der Waals surface area contributed by atoms with Crippen LogP contribution in [0.5, 0.6) is 0 Å². The van der Waals surface area contributed by atoms with E-state index >= 15 is 0 Å². The van der Waals surface area contributed by atoms with Gasteiger partial charge >= 0.3 is 0 Å². The zero-order valence-electron chi connectivity index (χ0n) is 21.8. The first-order chi connectivity index (χ1) is 18.9. The molecule has 4 rings (SSSR count). The van der Waals surface area contributed by atoms with Crippen LogP contribution in [-0.4, -0.2) is 51.9 Å². The van der Waals surface area contributed by atoms with E-state index < -0.39 is 0 Å². The number of nitrogens with one attached hydrogen (secondary N) is 2. The highest BCUT2D eigenvalue weighted by Crippen LogP contribution is 2.28. The van der Waals surface area contributed by atoms with Crippen molar-refractivity contribution < 1.29 is 9.59 Å². The van der Waals surface area contributed by atoms with E-state index in [1.165, 1.54) is 12.7 Å². The number of benzene rings is 2. The van der Waals surface area contributed by atoms with Crippen LogP contribution in [0.15, 0.2) is 61.2 Å². The van der Waals surface area contributed by atoms with Crippen LogP contribution in [0.2, 0.25) is 0 Å². The minimum Gasteiger partial charge on any atom is -0.354 e. The van der Waals surface area contributed by atoms with Crippen molar-refractivity contribution in [3.63, 3.8) is 0 Å². The number of carbonyl (C=O) groups excluding carboxylic acids is 2. The van der Waals surface area contributed by atoms with E-state index in [2.05, 4.69) is 37.5 Å². The molecular weight excluding hydrogens is 494 g/mol. The highest BCUT2D eigenvalue weighted by Gasteiger charge is 2.17. The first kappa shape index (κ1) is 27.1. The Morgan fingerprint density at radius 1 is 1.05 bits per heavy atom. The number of carbonyl (C=O) groups is 2. The Morgan fingerprint density at radius 3 is 2.56 bits per heavy atom. The summed E-state index contributed by atoms with van der Waals surface area (Å²) in [4.78, 5) is 41.7. The lowest BCUT2D eigenvalue weighted by molar-refractivity contribution is 0.0948. The first-order valence-electron chi connectivity index (χ1n) is 12.5. The number of anilines is 1. The molecule has 39 heavy (non-hydrogen) atoms. The average molecular weight is 524 g/mol. The minimum atomic E-state index is -0.256. The van der Waals surface area contributed by atoms with Crippen molar-refractivity contribution in [3.05, 3.63) is 78.0 Å². The molecule has 1 atom stereocenters. The summed E-state index contributed by atoms with van der Waals surface area (Å²) in [6, 6.07) is 16.6. The van der Waals surface area contributed by atoms with Gasteiger partial charge in [-0.15, -0.1) is 0 Å². The molecule has 11 nitrogen and oxygen atoms in total. The summed E-state index contributed by atoms with van der Waals surface area (Å²) in [6.45, 7) is 2.92. The SMILES string of the molecule is CNC(=O)c1ncnc2c(C(C)CCN(N)c3cc(-c4ccc(C(=O)NCCC#N)cc4)ncn3)cccc12. The van der Waals surface area contributed by atoms with E-state index in [-0.39, 0.29) is 24.2 Å². The summed E-state index contributed by atoms with van der Waals surface area (Å²) in [7, 11) is 1.57. The molecule has 2 amide bonds. The van der Waals surface area contributed by atoms with Gasteiger partial charge in [0, 0.05) is 42.7 Å². The highest BCUT2D eigenvalue weighted by molar-refractivity contribution is 6.04. The van der Waals surface area contributed by atoms with Gasteiger partial charge in [-0.2, -0.15) is 5.26 Å². The third-order valence-electron chi connectivity index (χ3n) is 6.38. The summed E-state index contributed by atoms with van der Waals surface area (Å²) in [6.07, 6.45) is 3.84. The molecule has 4 N–H and O–H groups in total. The number of aromatic nitrogens is 4. The predicted octanol–water partition coefficient (Wildman–Crippen LogP) is 2.96. The maximum atomic E-state index is 12.2. The quantitative estimate of drug-likeness (QED) is 0.161. The Kier molecular flexibility index (Phi) is 8.71. The fraction of sp³-hybridized carbons (Fsp3) is 0.250. The molecule has 0 aliphatic carbocycles. The first-order valence-corrected chi connectivity index (χ1v) is 12.5. The topological polar surface area (TPSA) is 163 Å². The number of fused-ring (bicyclic) bond motifs is 1. The number of hydrogen-bond acceptors (Lipinski definition) is 9. The molecular formula is C28H29N9O2. The number of nitrogens with zero attached hydrogens (tertiary/aromatic N) is 6. The Morgan fingerprint density at radius 2 is 1.82 bits per heavy atom. The Labute approximate surface area is 226 Å². The van der Waals surface area contributed by atoms with Gasteiger partial charge in [0.2, 0.25) is 0 Å². The van der Waals surface area contributed by atoms with E-state index in [1.54, 1.807) is 30.3 Å². The molecule has 0 spiro atoms. The van der Waals surface area contributed by atoms with E-state index in [0.717, 1.165) is 16.6 Å². The van der Waals surface area contributed by atoms with E-state index in [9.17, 15) is 9.59 Å². The molecule has 0 radical (unpaired) electrons. The third-order valence-corrected chi connectivity index (χ3v) is 6.38. The summed E-state index contributed by atoms with van der Waals surface area (Å²) < 4.78 is 0.